The van der Waals surface area contributed by atoms with Crippen LogP contribution in [0, 0.1) is 0 Å². The van der Waals surface area contributed by atoms with Gasteiger partial charge in [0, 0.05) is 28.2 Å². The zero-order valence-corrected chi connectivity index (χ0v) is 18.1. The van der Waals surface area contributed by atoms with Crippen LogP contribution in [-0.4, -0.2) is 33.2 Å². The molecule has 0 unspecified atom stereocenters. The number of carbonyl (C=O) groups is 1. The first-order chi connectivity index (χ1) is 15.2. The molecule has 1 aromatic carbocycles. The van der Waals surface area contributed by atoms with Crippen molar-refractivity contribution in [1.29, 1.82) is 0 Å². The number of halogens is 5. The molecule has 1 saturated carbocycles. The molecule has 1 amide bonds. The van der Waals surface area contributed by atoms with E-state index in [-0.39, 0.29) is 28.7 Å². The van der Waals surface area contributed by atoms with Crippen molar-refractivity contribution in [2.24, 2.45) is 0 Å². The van der Waals surface area contributed by atoms with Gasteiger partial charge in [-0.1, -0.05) is 23.2 Å². The van der Waals surface area contributed by atoms with Gasteiger partial charge in [-0.2, -0.15) is 18.3 Å². The van der Waals surface area contributed by atoms with Crippen molar-refractivity contribution in [3.05, 3.63) is 58.0 Å². The number of pyridine rings is 1. The first-order valence-electron chi connectivity index (χ1n) is 9.92. The maximum atomic E-state index is 13.3. The first kappa shape index (κ1) is 22.5. The van der Waals surface area contributed by atoms with Crippen LogP contribution in [0.2, 0.25) is 10.2 Å². The van der Waals surface area contributed by atoms with E-state index in [1.54, 1.807) is 6.07 Å². The van der Waals surface area contributed by atoms with Gasteiger partial charge in [-0.15, -0.1) is 5.10 Å². The van der Waals surface area contributed by atoms with Gasteiger partial charge in [0.2, 0.25) is 0 Å². The van der Waals surface area contributed by atoms with Crippen LogP contribution in [0.15, 0.2) is 36.5 Å². The van der Waals surface area contributed by atoms with E-state index < -0.39 is 11.9 Å². The van der Waals surface area contributed by atoms with Gasteiger partial charge in [-0.05, 0) is 56.0 Å². The monoisotopic (exact) mass is 483 g/mol. The van der Waals surface area contributed by atoms with E-state index in [4.69, 9.17) is 23.2 Å². The number of hydrogen-bond donors (Lipinski definition) is 2. The Bertz CT molecular complexity index is 1150. The van der Waals surface area contributed by atoms with E-state index in [9.17, 15) is 18.0 Å². The van der Waals surface area contributed by atoms with E-state index >= 15 is 0 Å². The molecular weight excluding hydrogens is 466 g/mol. The van der Waals surface area contributed by atoms with Crippen molar-refractivity contribution in [3.63, 3.8) is 0 Å². The lowest BCUT2D eigenvalue weighted by molar-refractivity contribution is -0.140. The summed E-state index contributed by atoms with van der Waals surface area (Å²) >= 11 is 11.8. The van der Waals surface area contributed by atoms with Gasteiger partial charge in [-0.3, -0.25) is 4.79 Å². The average Bonchev–Trinajstić information content (AvgIpc) is 2.74. The highest BCUT2D eigenvalue weighted by molar-refractivity contribution is 6.31. The van der Waals surface area contributed by atoms with Crippen molar-refractivity contribution >= 4 is 45.7 Å². The number of hydrogen-bond acceptors (Lipinski definition) is 5. The minimum Gasteiger partial charge on any atom is -0.382 e. The lowest BCUT2D eigenvalue weighted by Gasteiger charge is -2.30. The molecule has 1 fully saturated rings. The lowest BCUT2D eigenvalue weighted by atomic mass is 9.90. The van der Waals surface area contributed by atoms with Crippen molar-refractivity contribution < 1.29 is 18.0 Å². The fraction of sp³-hybridized carbons (Fsp3) is 0.333. The van der Waals surface area contributed by atoms with E-state index in [1.165, 1.54) is 24.4 Å². The number of nitrogens with zero attached hydrogens (tertiary/aromatic N) is 3. The SMILES string of the molecule is O=C(NC1CCC(Nc2cc(C(F)(F)F)nc3ccc(Cl)cc23)CC1)c1cnnc(Cl)c1. The molecule has 2 heterocycles. The number of benzene rings is 1. The minimum atomic E-state index is -4.56. The Kier molecular flexibility index (Phi) is 6.39. The van der Waals surface area contributed by atoms with Gasteiger partial charge in [0.15, 0.2) is 5.15 Å². The highest BCUT2D eigenvalue weighted by Crippen LogP contribution is 2.35. The molecule has 4 rings (SSSR count). The van der Waals surface area contributed by atoms with Crippen LogP contribution < -0.4 is 10.6 Å². The number of amides is 1. The maximum absolute atomic E-state index is 13.3. The van der Waals surface area contributed by atoms with Gasteiger partial charge in [-0.25, -0.2) is 4.98 Å². The third-order valence-electron chi connectivity index (χ3n) is 5.37. The Morgan fingerprint density at radius 1 is 1.03 bits per heavy atom. The second-order valence-corrected chi connectivity index (χ2v) is 8.47. The fourth-order valence-electron chi connectivity index (χ4n) is 3.80. The highest BCUT2D eigenvalue weighted by Gasteiger charge is 2.34. The predicted molar refractivity (Wildman–Crippen MR) is 116 cm³/mol. The van der Waals surface area contributed by atoms with E-state index in [1.807, 2.05) is 0 Å². The number of rotatable bonds is 4. The first-order valence-corrected chi connectivity index (χ1v) is 10.7. The fourth-order valence-corrected chi connectivity index (χ4v) is 4.13. The molecule has 0 saturated heterocycles. The van der Waals surface area contributed by atoms with Crippen LogP contribution in [0.3, 0.4) is 0 Å². The zero-order chi connectivity index (χ0) is 22.9. The second-order valence-electron chi connectivity index (χ2n) is 7.65. The summed E-state index contributed by atoms with van der Waals surface area (Å²) in [7, 11) is 0. The van der Waals surface area contributed by atoms with Gasteiger partial charge >= 0.3 is 6.18 Å². The number of carbonyl (C=O) groups excluding carboxylic acids is 1. The Balaban J connectivity index is 1.45. The Labute approximate surface area is 191 Å². The molecule has 0 spiro atoms. The number of nitrogens with one attached hydrogen (secondary N) is 2. The Morgan fingerprint density at radius 3 is 2.44 bits per heavy atom. The molecule has 3 aromatic rings. The molecule has 2 N–H and O–H groups in total. The van der Waals surface area contributed by atoms with Crippen molar-refractivity contribution in [2.45, 2.75) is 43.9 Å². The van der Waals surface area contributed by atoms with Crippen molar-refractivity contribution in [2.75, 3.05) is 5.32 Å². The quantitative estimate of drug-likeness (QED) is 0.511. The summed E-state index contributed by atoms with van der Waals surface area (Å²) in [5.41, 5.74) is -0.0717. The number of anilines is 1. The summed E-state index contributed by atoms with van der Waals surface area (Å²) in [4.78, 5) is 16.1. The Hall–Kier alpha value is -2.65. The summed E-state index contributed by atoms with van der Waals surface area (Å²) in [5, 5.41) is 14.5. The Morgan fingerprint density at radius 2 is 1.75 bits per heavy atom. The minimum absolute atomic E-state index is 0.0501. The molecule has 1 aliphatic rings. The summed E-state index contributed by atoms with van der Waals surface area (Å²) in [5.74, 6) is -0.289. The van der Waals surface area contributed by atoms with Crippen molar-refractivity contribution in [1.82, 2.24) is 20.5 Å². The van der Waals surface area contributed by atoms with Crippen LogP contribution in [0.5, 0.6) is 0 Å². The van der Waals surface area contributed by atoms with E-state index in [2.05, 4.69) is 25.8 Å². The van der Waals surface area contributed by atoms with Crippen LogP contribution in [0.25, 0.3) is 10.9 Å². The molecular formula is C21H18Cl2F3N5O. The molecule has 168 valence electrons. The zero-order valence-electron chi connectivity index (χ0n) is 16.6. The van der Waals surface area contributed by atoms with Crippen LogP contribution >= 0.6 is 23.2 Å². The maximum Gasteiger partial charge on any atom is 0.433 e. The second kappa shape index (κ2) is 9.07. The van der Waals surface area contributed by atoms with E-state index in [0.29, 0.717) is 47.3 Å². The summed E-state index contributed by atoms with van der Waals surface area (Å²) in [6.07, 6.45) is -0.529. The summed E-state index contributed by atoms with van der Waals surface area (Å²) in [6.45, 7) is 0. The number of fused-ring (bicyclic) bond motifs is 1. The predicted octanol–water partition coefficient (Wildman–Crippen LogP) is 5.50. The van der Waals surface area contributed by atoms with Crippen LogP contribution in [0.1, 0.15) is 41.7 Å². The standard InChI is InChI=1S/C21H18Cl2F3N5O/c22-12-1-6-16-15(8-12)17(9-18(30-16)21(24,25)26)28-13-2-4-14(5-3-13)29-20(32)11-7-19(23)31-27-10-11/h1,6-10,13-14H,2-5H2,(H,28,30)(H,29,32). The number of aromatic nitrogens is 3. The smallest absolute Gasteiger partial charge is 0.382 e. The lowest BCUT2D eigenvalue weighted by Crippen LogP contribution is -2.40. The van der Waals surface area contributed by atoms with Crippen LogP contribution in [0.4, 0.5) is 18.9 Å². The topological polar surface area (TPSA) is 79.8 Å². The molecule has 0 atom stereocenters. The molecule has 0 radical (unpaired) electrons. The molecule has 11 heteroatoms. The highest BCUT2D eigenvalue weighted by atomic mass is 35.5. The summed E-state index contributed by atoms with van der Waals surface area (Å²) in [6, 6.07) is 6.95. The van der Waals surface area contributed by atoms with Crippen LogP contribution in [-0.2, 0) is 6.18 Å². The molecule has 0 aliphatic heterocycles. The largest absolute Gasteiger partial charge is 0.433 e. The van der Waals surface area contributed by atoms with Crippen molar-refractivity contribution in [3.8, 4) is 0 Å². The molecule has 1 aliphatic carbocycles. The third kappa shape index (κ3) is 5.21. The number of alkyl halides is 3. The van der Waals surface area contributed by atoms with Gasteiger partial charge in [0.05, 0.1) is 17.3 Å². The molecule has 2 aromatic heterocycles. The molecule has 32 heavy (non-hydrogen) atoms. The normalized spacial score (nSPS) is 19.0. The summed E-state index contributed by atoms with van der Waals surface area (Å²) < 4.78 is 40.0. The van der Waals surface area contributed by atoms with Gasteiger partial charge in [0.25, 0.3) is 5.91 Å². The van der Waals surface area contributed by atoms with Gasteiger partial charge in [0.1, 0.15) is 5.69 Å². The van der Waals surface area contributed by atoms with E-state index in [0.717, 1.165) is 6.07 Å². The molecule has 6 nitrogen and oxygen atoms in total. The molecule has 0 bridgehead atoms. The average molecular weight is 484 g/mol. The third-order valence-corrected chi connectivity index (χ3v) is 5.79. The van der Waals surface area contributed by atoms with Gasteiger partial charge < -0.3 is 10.6 Å².